The molecule has 3 N–H and O–H groups in total. The van der Waals surface area contributed by atoms with Gasteiger partial charge in [0.15, 0.2) is 0 Å². The fourth-order valence-electron chi connectivity index (χ4n) is 1.64. The zero-order valence-electron chi connectivity index (χ0n) is 8.91. The maximum atomic E-state index is 13.6. The van der Waals surface area contributed by atoms with Crippen molar-refractivity contribution in [2.45, 2.75) is 13.0 Å². The highest BCUT2D eigenvalue weighted by Crippen LogP contribution is 2.28. The number of thiophene rings is 1. The third-order valence-corrected chi connectivity index (χ3v) is 3.49. The molecule has 0 aliphatic carbocycles. The van der Waals surface area contributed by atoms with Gasteiger partial charge >= 0.3 is 0 Å². The summed E-state index contributed by atoms with van der Waals surface area (Å²) in [5, 5.41) is 0. The molecule has 0 aliphatic rings. The van der Waals surface area contributed by atoms with Crippen molar-refractivity contribution in [1.29, 1.82) is 0 Å². The second-order valence-corrected chi connectivity index (χ2v) is 4.89. The maximum absolute atomic E-state index is 13.6. The van der Waals surface area contributed by atoms with Gasteiger partial charge in [-0.05, 0) is 25.1 Å². The van der Waals surface area contributed by atoms with Gasteiger partial charge in [0.1, 0.15) is 5.82 Å². The van der Waals surface area contributed by atoms with Gasteiger partial charge in [0, 0.05) is 15.3 Å². The Morgan fingerprint density at radius 2 is 2.00 bits per heavy atom. The summed E-state index contributed by atoms with van der Waals surface area (Å²) in [6, 6.07) is 10.4. The van der Waals surface area contributed by atoms with Crippen LogP contribution in [0.3, 0.4) is 0 Å². The highest BCUT2D eigenvalue weighted by Gasteiger charge is 2.17. The summed E-state index contributed by atoms with van der Waals surface area (Å²) in [7, 11) is 0. The van der Waals surface area contributed by atoms with Crippen molar-refractivity contribution in [3.63, 3.8) is 0 Å². The molecule has 0 bridgehead atoms. The molecule has 0 saturated heterocycles. The van der Waals surface area contributed by atoms with Crippen molar-refractivity contribution in [3.8, 4) is 0 Å². The number of nitrogens with two attached hydrogens (primary N) is 1. The van der Waals surface area contributed by atoms with E-state index >= 15 is 0 Å². The molecule has 4 heteroatoms. The van der Waals surface area contributed by atoms with Gasteiger partial charge in [-0.15, -0.1) is 11.3 Å². The number of benzene rings is 1. The summed E-state index contributed by atoms with van der Waals surface area (Å²) in [6.07, 6.45) is 0. The number of hydrogen-bond donors (Lipinski definition) is 2. The smallest absolute Gasteiger partial charge is 0.128 e. The van der Waals surface area contributed by atoms with Crippen LogP contribution < -0.4 is 11.3 Å². The lowest BCUT2D eigenvalue weighted by Gasteiger charge is -2.15. The molecule has 2 nitrogen and oxygen atoms in total. The van der Waals surface area contributed by atoms with E-state index in [0.717, 1.165) is 4.88 Å². The average molecular weight is 236 g/mol. The minimum atomic E-state index is -0.278. The molecule has 0 amide bonds. The molecule has 16 heavy (non-hydrogen) atoms. The third-order valence-electron chi connectivity index (χ3n) is 2.43. The molecular formula is C12H13FN2S. The Labute approximate surface area is 97.9 Å². The Morgan fingerprint density at radius 1 is 1.25 bits per heavy atom. The van der Waals surface area contributed by atoms with Crippen LogP contribution in [0.4, 0.5) is 4.39 Å². The van der Waals surface area contributed by atoms with Crippen molar-refractivity contribution in [2.75, 3.05) is 0 Å². The van der Waals surface area contributed by atoms with Gasteiger partial charge < -0.3 is 0 Å². The normalized spacial score (nSPS) is 12.7. The molecule has 1 unspecified atom stereocenters. The summed E-state index contributed by atoms with van der Waals surface area (Å²) in [4.78, 5) is 2.21. The Bertz CT molecular complexity index is 481. The molecule has 0 spiro atoms. The van der Waals surface area contributed by atoms with Crippen LogP contribution in [0.15, 0.2) is 36.4 Å². The van der Waals surface area contributed by atoms with Crippen molar-refractivity contribution in [2.24, 2.45) is 5.84 Å². The molecule has 1 aromatic heterocycles. The van der Waals surface area contributed by atoms with Crippen LogP contribution in [0.5, 0.6) is 0 Å². The Kier molecular flexibility index (Phi) is 3.33. The van der Waals surface area contributed by atoms with E-state index in [1.807, 2.05) is 25.1 Å². The summed E-state index contributed by atoms with van der Waals surface area (Å²) in [5.41, 5.74) is 3.24. The van der Waals surface area contributed by atoms with Crippen molar-refractivity contribution < 1.29 is 4.39 Å². The SMILES string of the molecule is Cc1ccc(C(NN)c2ccccc2F)s1. The van der Waals surface area contributed by atoms with Crippen LogP contribution in [0, 0.1) is 12.7 Å². The first kappa shape index (κ1) is 11.3. The minimum Gasteiger partial charge on any atom is -0.271 e. The van der Waals surface area contributed by atoms with Crippen molar-refractivity contribution >= 4 is 11.3 Å². The molecule has 2 rings (SSSR count). The van der Waals surface area contributed by atoms with Gasteiger partial charge in [-0.3, -0.25) is 5.84 Å². The minimum absolute atomic E-state index is 0.239. The van der Waals surface area contributed by atoms with Gasteiger partial charge in [0.25, 0.3) is 0 Å². The predicted octanol–water partition coefficient (Wildman–Crippen LogP) is 2.75. The van der Waals surface area contributed by atoms with Crippen molar-refractivity contribution in [1.82, 2.24) is 5.43 Å². The quantitative estimate of drug-likeness (QED) is 0.635. The van der Waals surface area contributed by atoms with Crippen molar-refractivity contribution in [3.05, 3.63) is 57.5 Å². The van der Waals surface area contributed by atoms with Gasteiger partial charge in [0.2, 0.25) is 0 Å². The van der Waals surface area contributed by atoms with E-state index in [9.17, 15) is 4.39 Å². The second kappa shape index (κ2) is 4.74. The fourth-order valence-corrected chi connectivity index (χ4v) is 2.60. The lowest BCUT2D eigenvalue weighted by Crippen LogP contribution is -2.28. The number of hydrazine groups is 1. The first-order valence-corrected chi connectivity index (χ1v) is 5.81. The molecule has 0 saturated carbocycles. The van der Waals surface area contributed by atoms with Crippen LogP contribution in [0.2, 0.25) is 0 Å². The number of nitrogens with one attached hydrogen (secondary N) is 1. The van der Waals surface area contributed by atoms with E-state index in [-0.39, 0.29) is 11.9 Å². The number of rotatable bonds is 3. The van der Waals surface area contributed by atoms with Crippen LogP contribution in [0.1, 0.15) is 21.4 Å². The fraction of sp³-hybridized carbons (Fsp3) is 0.167. The second-order valence-electron chi connectivity index (χ2n) is 3.57. The van der Waals surface area contributed by atoms with Crippen LogP contribution in [-0.4, -0.2) is 0 Å². The highest BCUT2D eigenvalue weighted by molar-refractivity contribution is 7.12. The largest absolute Gasteiger partial charge is 0.271 e. The Hall–Kier alpha value is -1.23. The zero-order chi connectivity index (χ0) is 11.5. The van der Waals surface area contributed by atoms with E-state index in [1.54, 1.807) is 23.5 Å². The topological polar surface area (TPSA) is 38.0 Å². The molecule has 2 aromatic rings. The first-order chi connectivity index (χ1) is 7.72. The summed E-state index contributed by atoms with van der Waals surface area (Å²) >= 11 is 1.61. The molecular weight excluding hydrogens is 223 g/mol. The number of halogens is 1. The summed E-state index contributed by atoms with van der Waals surface area (Å²) in [5.74, 6) is 5.27. The Morgan fingerprint density at radius 3 is 2.56 bits per heavy atom. The zero-order valence-corrected chi connectivity index (χ0v) is 9.72. The third kappa shape index (κ3) is 2.14. The Balaban J connectivity index is 2.40. The van der Waals surface area contributed by atoms with E-state index < -0.39 is 0 Å². The number of hydrogen-bond acceptors (Lipinski definition) is 3. The first-order valence-electron chi connectivity index (χ1n) is 4.99. The summed E-state index contributed by atoms with van der Waals surface area (Å²) in [6.45, 7) is 2.02. The lowest BCUT2D eigenvalue weighted by molar-refractivity contribution is 0.564. The van der Waals surface area contributed by atoms with Crippen LogP contribution >= 0.6 is 11.3 Å². The summed E-state index contributed by atoms with van der Waals surface area (Å²) < 4.78 is 13.6. The molecule has 0 aliphatic heterocycles. The lowest BCUT2D eigenvalue weighted by atomic mass is 10.1. The monoisotopic (exact) mass is 236 g/mol. The molecule has 84 valence electrons. The average Bonchev–Trinajstić information content (AvgIpc) is 2.69. The predicted molar refractivity (Wildman–Crippen MR) is 64.6 cm³/mol. The van der Waals surface area contributed by atoms with Crippen LogP contribution in [-0.2, 0) is 0 Å². The molecule has 1 aromatic carbocycles. The van der Waals surface area contributed by atoms with E-state index in [1.165, 1.54) is 10.9 Å². The number of aryl methyl sites for hydroxylation is 1. The van der Waals surface area contributed by atoms with E-state index in [2.05, 4.69) is 5.43 Å². The maximum Gasteiger partial charge on any atom is 0.128 e. The molecule has 1 atom stereocenters. The van der Waals surface area contributed by atoms with E-state index in [0.29, 0.717) is 5.56 Å². The van der Waals surface area contributed by atoms with Gasteiger partial charge in [-0.25, -0.2) is 9.82 Å². The molecule has 0 fully saturated rings. The van der Waals surface area contributed by atoms with E-state index in [4.69, 9.17) is 5.84 Å². The standard InChI is InChI=1S/C12H13FN2S/c1-8-6-7-11(16-8)12(15-14)9-4-2-3-5-10(9)13/h2-7,12,15H,14H2,1H3. The molecule has 1 heterocycles. The van der Waals surface area contributed by atoms with Gasteiger partial charge in [0.05, 0.1) is 6.04 Å². The highest BCUT2D eigenvalue weighted by atomic mass is 32.1. The molecule has 0 radical (unpaired) electrons. The van der Waals surface area contributed by atoms with Crippen LogP contribution in [0.25, 0.3) is 0 Å². The van der Waals surface area contributed by atoms with Gasteiger partial charge in [-0.1, -0.05) is 18.2 Å². The van der Waals surface area contributed by atoms with Gasteiger partial charge in [-0.2, -0.15) is 0 Å².